The van der Waals surface area contributed by atoms with Crippen LogP contribution in [0.1, 0.15) is 21.5 Å². The van der Waals surface area contributed by atoms with Crippen LogP contribution < -0.4 is 11.1 Å². The number of carbonyl (C=O) groups is 1. The number of amides is 1. The lowest BCUT2D eigenvalue weighted by Gasteiger charge is -2.12. The number of nitrogen functional groups attached to an aromatic ring is 1. The van der Waals surface area contributed by atoms with Crippen molar-refractivity contribution in [3.05, 3.63) is 57.6 Å². The Kier molecular flexibility index (Phi) is 3.90. The number of halogens is 1. The molecule has 0 aromatic heterocycles. The topological polar surface area (TPSA) is 55.1 Å². The van der Waals surface area contributed by atoms with Crippen LogP contribution in [0.2, 0.25) is 0 Å². The minimum Gasteiger partial charge on any atom is -0.397 e. The molecule has 3 nitrogen and oxygen atoms in total. The van der Waals surface area contributed by atoms with Gasteiger partial charge in [-0.3, -0.25) is 4.79 Å². The van der Waals surface area contributed by atoms with Crippen molar-refractivity contribution in [1.82, 2.24) is 0 Å². The van der Waals surface area contributed by atoms with Crippen molar-refractivity contribution in [3.8, 4) is 0 Å². The molecule has 4 heteroatoms. The molecular formula is C15H15BrN2O. The van der Waals surface area contributed by atoms with Crippen molar-refractivity contribution in [2.75, 3.05) is 11.1 Å². The first-order valence-corrected chi connectivity index (χ1v) is 6.70. The summed E-state index contributed by atoms with van der Waals surface area (Å²) < 4.78 is 0.899. The van der Waals surface area contributed by atoms with Gasteiger partial charge in [0.25, 0.3) is 5.91 Å². The summed E-state index contributed by atoms with van der Waals surface area (Å²) in [5, 5.41) is 2.86. The van der Waals surface area contributed by atoms with Crippen molar-refractivity contribution in [1.29, 1.82) is 0 Å². The average Bonchev–Trinajstić information content (AvgIpc) is 2.33. The molecule has 0 aliphatic rings. The third-order valence-corrected chi connectivity index (χ3v) is 3.31. The molecule has 0 spiro atoms. The molecule has 0 saturated heterocycles. The van der Waals surface area contributed by atoms with Gasteiger partial charge in [-0.25, -0.2) is 0 Å². The highest BCUT2D eigenvalue weighted by Gasteiger charge is 2.11. The molecule has 19 heavy (non-hydrogen) atoms. The van der Waals surface area contributed by atoms with Crippen LogP contribution in [0.5, 0.6) is 0 Å². The summed E-state index contributed by atoms with van der Waals surface area (Å²) in [7, 11) is 0. The van der Waals surface area contributed by atoms with Crippen LogP contribution >= 0.6 is 15.9 Å². The first-order valence-electron chi connectivity index (χ1n) is 5.91. The molecule has 2 rings (SSSR count). The smallest absolute Gasteiger partial charge is 0.255 e. The molecule has 0 atom stereocenters. The monoisotopic (exact) mass is 318 g/mol. The van der Waals surface area contributed by atoms with Gasteiger partial charge in [0.1, 0.15) is 0 Å². The van der Waals surface area contributed by atoms with Crippen molar-refractivity contribution in [3.63, 3.8) is 0 Å². The number of anilines is 2. The highest BCUT2D eigenvalue weighted by Crippen LogP contribution is 2.28. The fourth-order valence-corrected chi connectivity index (χ4v) is 2.50. The van der Waals surface area contributed by atoms with Crippen molar-refractivity contribution in [2.24, 2.45) is 0 Å². The largest absolute Gasteiger partial charge is 0.397 e. The van der Waals surface area contributed by atoms with Crippen LogP contribution in [-0.2, 0) is 0 Å². The summed E-state index contributed by atoms with van der Waals surface area (Å²) in [4.78, 5) is 12.2. The van der Waals surface area contributed by atoms with E-state index < -0.39 is 0 Å². The molecule has 0 aliphatic carbocycles. The molecule has 0 heterocycles. The Hall–Kier alpha value is -1.81. The standard InChI is InChI=1S/C15H15BrN2O/c1-9-4-3-5-11(6-9)15(19)18-14-10(2)7-12(16)8-13(14)17/h3-8H,17H2,1-2H3,(H,18,19). The first-order chi connectivity index (χ1) is 8.97. The van der Waals surface area contributed by atoms with E-state index in [1.165, 1.54) is 0 Å². The minimum absolute atomic E-state index is 0.152. The van der Waals surface area contributed by atoms with Crippen LogP contribution in [0, 0.1) is 13.8 Å². The van der Waals surface area contributed by atoms with E-state index in [-0.39, 0.29) is 5.91 Å². The summed E-state index contributed by atoms with van der Waals surface area (Å²) in [6.07, 6.45) is 0. The summed E-state index contributed by atoms with van der Waals surface area (Å²) in [6, 6.07) is 11.1. The maximum absolute atomic E-state index is 12.2. The van der Waals surface area contributed by atoms with Gasteiger partial charge in [0.15, 0.2) is 0 Å². The van der Waals surface area contributed by atoms with Gasteiger partial charge < -0.3 is 11.1 Å². The van der Waals surface area contributed by atoms with Gasteiger partial charge >= 0.3 is 0 Å². The van der Waals surface area contributed by atoms with E-state index in [9.17, 15) is 4.79 Å². The molecule has 0 saturated carbocycles. The van der Waals surface area contributed by atoms with Crippen LogP contribution in [0.3, 0.4) is 0 Å². The number of carbonyl (C=O) groups excluding carboxylic acids is 1. The summed E-state index contributed by atoms with van der Waals surface area (Å²) in [6.45, 7) is 3.86. The summed E-state index contributed by atoms with van der Waals surface area (Å²) in [5.74, 6) is -0.152. The van der Waals surface area contributed by atoms with E-state index in [2.05, 4.69) is 21.2 Å². The molecule has 0 unspecified atom stereocenters. The molecule has 98 valence electrons. The Labute approximate surface area is 121 Å². The Morgan fingerprint density at radius 2 is 1.95 bits per heavy atom. The van der Waals surface area contributed by atoms with E-state index >= 15 is 0 Å². The number of hydrogen-bond donors (Lipinski definition) is 2. The lowest BCUT2D eigenvalue weighted by Crippen LogP contribution is -2.14. The van der Waals surface area contributed by atoms with E-state index in [1.54, 1.807) is 12.1 Å². The molecule has 2 aromatic carbocycles. The Bertz CT molecular complexity index is 615. The van der Waals surface area contributed by atoms with Crippen molar-refractivity contribution in [2.45, 2.75) is 13.8 Å². The van der Waals surface area contributed by atoms with Gasteiger partial charge in [-0.15, -0.1) is 0 Å². The second kappa shape index (κ2) is 5.45. The molecule has 0 fully saturated rings. The second-order valence-corrected chi connectivity index (χ2v) is 5.43. The Balaban J connectivity index is 2.29. The fraction of sp³-hybridized carbons (Fsp3) is 0.133. The van der Waals surface area contributed by atoms with Gasteiger partial charge in [-0.05, 0) is 43.7 Å². The van der Waals surface area contributed by atoms with Gasteiger partial charge in [-0.2, -0.15) is 0 Å². The third kappa shape index (κ3) is 3.15. The number of nitrogens with two attached hydrogens (primary N) is 1. The maximum atomic E-state index is 12.2. The molecule has 3 N–H and O–H groups in total. The molecule has 0 aliphatic heterocycles. The van der Waals surface area contributed by atoms with Crippen LogP contribution in [0.25, 0.3) is 0 Å². The zero-order valence-corrected chi connectivity index (χ0v) is 12.4. The molecule has 1 amide bonds. The fourth-order valence-electron chi connectivity index (χ4n) is 1.91. The predicted octanol–water partition coefficient (Wildman–Crippen LogP) is 3.90. The summed E-state index contributed by atoms with van der Waals surface area (Å²) >= 11 is 3.38. The highest BCUT2D eigenvalue weighted by molar-refractivity contribution is 9.10. The van der Waals surface area contributed by atoms with Gasteiger partial charge in [-0.1, -0.05) is 33.6 Å². The molecular weight excluding hydrogens is 304 g/mol. The third-order valence-electron chi connectivity index (χ3n) is 2.85. The highest BCUT2D eigenvalue weighted by atomic mass is 79.9. The van der Waals surface area contributed by atoms with E-state index in [0.717, 1.165) is 15.6 Å². The molecule has 0 radical (unpaired) electrons. The predicted molar refractivity (Wildman–Crippen MR) is 82.4 cm³/mol. The normalized spacial score (nSPS) is 10.3. The lowest BCUT2D eigenvalue weighted by atomic mass is 10.1. The van der Waals surface area contributed by atoms with E-state index in [1.807, 2.05) is 38.1 Å². The van der Waals surface area contributed by atoms with Crippen molar-refractivity contribution < 1.29 is 4.79 Å². The number of rotatable bonds is 2. The first kappa shape index (κ1) is 13.6. The average molecular weight is 319 g/mol. The quantitative estimate of drug-likeness (QED) is 0.825. The zero-order chi connectivity index (χ0) is 14.0. The SMILES string of the molecule is Cc1cccc(C(=O)Nc2c(C)cc(Br)cc2N)c1. The maximum Gasteiger partial charge on any atom is 0.255 e. The Morgan fingerprint density at radius 1 is 1.21 bits per heavy atom. The Morgan fingerprint density at radius 3 is 2.58 bits per heavy atom. The number of aryl methyl sites for hydroxylation is 2. The number of benzene rings is 2. The van der Waals surface area contributed by atoms with Crippen LogP contribution in [-0.4, -0.2) is 5.91 Å². The van der Waals surface area contributed by atoms with Crippen LogP contribution in [0.15, 0.2) is 40.9 Å². The molecule has 2 aromatic rings. The molecule has 0 bridgehead atoms. The number of nitrogens with one attached hydrogen (secondary N) is 1. The zero-order valence-electron chi connectivity index (χ0n) is 10.8. The van der Waals surface area contributed by atoms with Crippen LogP contribution in [0.4, 0.5) is 11.4 Å². The van der Waals surface area contributed by atoms with Gasteiger partial charge in [0.05, 0.1) is 11.4 Å². The second-order valence-electron chi connectivity index (χ2n) is 4.51. The number of hydrogen-bond acceptors (Lipinski definition) is 2. The van der Waals surface area contributed by atoms with Crippen molar-refractivity contribution >= 4 is 33.2 Å². The van der Waals surface area contributed by atoms with E-state index in [4.69, 9.17) is 5.73 Å². The lowest BCUT2D eigenvalue weighted by molar-refractivity contribution is 0.102. The van der Waals surface area contributed by atoms with E-state index in [0.29, 0.717) is 16.9 Å². The minimum atomic E-state index is -0.152. The van der Waals surface area contributed by atoms with Gasteiger partial charge in [0, 0.05) is 10.0 Å². The summed E-state index contributed by atoms with van der Waals surface area (Å²) in [5.41, 5.74) is 9.74. The van der Waals surface area contributed by atoms with Gasteiger partial charge in [0.2, 0.25) is 0 Å².